The minimum Gasteiger partial charge on any atom is -0.493 e. The molecule has 0 bridgehead atoms. The number of hydrogen-bond acceptors (Lipinski definition) is 4. The van der Waals surface area contributed by atoms with Crippen molar-refractivity contribution in [3.63, 3.8) is 0 Å². The van der Waals surface area contributed by atoms with Gasteiger partial charge in [-0.05, 0) is 19.1 Å². The van der Waals surface area contributed by atoms with Gasteiger partial charge in [0.25, 0.3) is 0 Å². The minimum atomic E-state index is 0.533. The number of methoxy groups -OCH3 is 1. The summed E-state index contributed by atoms with van der Waals surface area (Å²) in [6.07, 6.45) is 1.54. The molecule has 1 heterocycles. The highest BCUT2D eigenvalue weighted by Gasteiger charge is 2.07. The number of ether oxygens (including phenoxy) is 2. The third-order valence-electron chi connectivity index (χ3n) is 2.40. The molecule has 2 rings (SSSR count). The van der Waals surface area contributed by atoms with Crippen LogP contribution in [0.4, 0.5) is 0 Å². The van der Waals surface area contributed by atoms with Crippen molar-refractivity contribution in [2.75, 3.05) is 13.7 Å². The fourth-order valence-corrected chi connectivity index (χ4v) is 1.63. The minimum absolute atomic E-state index is 0.533. The summed E-state index contributed by atoms with van der Waals surface area (Å²) in [5.41, 5.74) is 1.31. The van der Waals surface area contributed by atoms with Gasteiger partial charge >= 0.3 is 0 Å². The molecule has 0 aliphatic heterocycles. The lowest BCUT2D eigenvalue weighted by atomic mass is 10.1. The Kier molecular flexibility index (Phi) is 3.10. The fourth-order valence-electron chi connectivity index (χ4n) is 1.63. The van der Waals surface area contributed by atoms with Crippen molar-refractivity contribution in [2.24, 2.45) is 0 Å². The van der Waals surface area contributed by atoms with Gasteiger partial charge in [0.05, 0.1) is 24.8 Å². The SMILES string of the molecule is CCOc1cc2cc(C#N)cnc2cc1OC. The van der Waals surface area contributed by atoms with E-state index in [-0.39, 0.29) is 0 Å². The highest BCUT2D eigenvalue weighted by Crippen LogP contribution is 2.31. The molecule has 0 radical (unpaired) electrons. The summed E-state index contributed by atoms with van der Waals surface area (Å²) in [6.45, 7) is 2.47. The first-order valence-electron chi connectivity index (χ1n) is 5.29. The summed E-state index contributed by atoms with van der Waals surface area (Å²) in [4.78, 5) is 4.20. The van der Waals surface area contributed by atoms with Crippen LogP contribution in [0.25, 0.3) is 10.9 Å². The van der Waals surface area contributed by atoms with E-state index in [2.05, 4.69) is 11.1 Å². The first kappa shape index (κ1) is 11.2. The maximum absolute atomic E-state index is 8.82. The summed E-state index contributed by atoms with van der Waals surface area (Å²) in [5.74, 6) is 1.32. The van der Waals surface area contributed by atoms with Gasteiger partial charge in [0.1, 0.15) is 6.07 Å². The van der Waals surface area contributed by atoms with Gasteiger partial charge in [0.2, 0.25) is 0 Å². The van der Waals surface area contributed by atoms with Crippen molar-refractivity contribution in [3.8, 4) is 17.6 Å². The monoisotopic (exact) mass is 228 g/mol. The van der Waals surface area contributed by atoms with E-state index in [1.165, 1.54) is 0 Å². The highest BCUT2D eigenvalue weighted by atomic mass is 16.5. The predicted molar refractivity (Wildman–Crippen MR) is 64.2 cm³/mol. The van der Waals surface area contributed by atoms with Gasteiger partial charge in [-0.1, -0.05) is 0 Å². The molecule has 4 heteroatoms. The lowest BCUT2D eigenvalue weighted by Crippen LogP contribution is -1.96. The van der Waals surface area contributed by atoms with Crippen LogP contribution in [0.15, 0.2) is 24.4 Å². The molecule has 0 unspecified atom stereocenters. The van der Waals surface area contributed by atoms with Crippen molar-refractivity contribution < 1.29 is 9.47 Å². The number of benzene rings is 1. The Morgan fingerprint density at radius 3 is 2.76 bits per heavy atom. The Morgan fingerprint density at radius 1 is 1.29 bits per heavy atom. The second-order valence-corrected chi connectivity index (χ2v) is 3.46. The van der Waals surface area contributed by atoms with E-state index < -0.39 is 0 Å². The van der Waals surface area contributed by atoms with Crippen LogP contribution in [0.2, 0.25) is 0 Å². The Labute approximate surface area is 99.4 Å². The first-order valence-corrected chi connectivity index (χ1v) is 5.29. The summed E-state index contributed by atoms with van der Waals surface area (Å²) < 4.78 is 10.7. The summed E-state index contributed by atoms with van der Waals surface area (Å²) >= 11 is 0. The Hall–Kier alpha value is -2.28. The van der Waals surface area contributed by atoms with Crippen LogP contribution >= 0.6 is 0 Å². The average molecular weight is 228 g/mol. The van der Waals surface area contributed by atoms with Crippen LogP contribution in [-0.2, 0) is 0 Å². The smallest absolute Gasteiger partial charge is 0.162 e. The number of aromatic nitrogens is 1. The van der Waals surface area contributed by atoms with Gasteiger partial charge in [-0.15, -0.1) is 0 Å². The molecule has 4 nitrogen and oxygen atoms in total. The molecule has 1 aromatic carbocycles. The van der Waals surface area contributed by atoms with Crippen LogP contribution in [0.5, 0.6) is 11.5 Å². The van der Waals surface area contributed by atoms with Crippen molar-refractivity contribution in [1.82, 2.24) is 4.98 Å². The van der Waals surface area contributed by atoms with Gasteiger partial charge in [-0.3, -0.25) is 4.98 Å². The first-order chi connectivity index (χ1) is 8.28. The lowest BCUT2D eigenvalue weighted by Gasteiger charge is -2.10. The van der Waals surface area contributed by atoms with Gasteiger partial charge in [0.15, 0.2) is 11.5 Å². The number of pyridine rings is 1. The lowest BCUT2D eigenvalue weighted by molar-refractivity contribution is 0.311. The van der Waals surface area contributed by atoms with Crippen molar-refractivity contribution >= 4 is 10.9 Å². The average Bonchev–Trinajstić information content (AvgIpc) is 2.37. The van der Waals surface area contributed by atoms with Gasteiger partial charge in [0, 0.05) is 17.6 Å². The van der Waals surface area contributed by atoms with Crippen molar-refractivity contribution in [2.45, 2.75) is 6.92 Å². The zero-order valence-electron chi connectivity index (χ0n) is 9.73. The van der Waals surface area contributed by atoms with E-state index in [0.717, 1.165) is 10.9 Å². The van der Waals surface area contributed by atoms with Crippen molar-refractivity contribution in [3.05, 3.63) is 30.0 Å². The van der Waals surface area contributed by atoms with Crippen LogP contribution < -0.4 is 9.47 Å². The van der Waals surface area contributed by atoms with E-state index >= 15 is 0 Å². The Bertz CT molecular complexity index is 588. The molecule has 0 saturated carbocycles. The highest BCUT2D eigenvalue weighted by molar-refractivity contribution is 5.83. The fraction of sp³-hybridized carbons (Fsp3) is 0.231. The molecule has 17 heavy (non-hydrogen) atoms. The predicted octanol–water partition coefficient (Wildman–Crippen LogP) is 2.51. The third kappa shape index (κ3) is 2.13. The molecular weight excluding hydrogens is 216 g/mol. The molecule has 0 atom stereocenters. The Balaban J connectivity index is 2.62. The third-order valence-corrected chi connectivity index (χ3v) is 2.40. The zero-order valence-corrected chi connectivity index (χ0v) is 9.73. The summed E-state index contributed by atoms with van der Waals surface area (Å²) in [6, 6.07) is 7.49. The molecule has 0 spiro atoms. The standard InChI is InChI=1S/C13H12N2O2/c1-3-17-13-5-10-4-9(7-14)8-15-11(10)6-12(13)16-2/h4-6,8H,3H2,1-2H3. The molecule has 0 amide bonds. The molecule has 0 aliphatic carbocycles. The van der Waals surface area contributed by atoms with E-state index in [1.807, 2.05) is 19.1 Å². The van der Waals surface area contributed by atoms with Crippen LogP contribution in [0.3, 0.4) is 0 Å². The number of nitrogens with zero attached hydrogens (tertiary/aromatic N) is 2. The topological polar surface area (TPSA) is 55.1 Å². The normalized spacial score (nSPS) is 9.94. The van der Waals surface area contributed by atoms with E-state index in [4.69, 9.17) is 14.7 Å². The van der Waals surface area contributed by atoms with Gasteiger partial charge in [-0.2, -0.15) is 5.26 Å². The molecule has 1 aromatic heterocycles. The van der Waals surface area contributed by atoms with Crippen LogP contribution in [0.1, 0.15) is 12.5 Å². The largest absolute Gasteiger partial charge is 0.493 e. The van der Waals surface area contributed by atoms with E-state index in [1.54, 1.807) is 19.4 Å². The maximum atomic E-state index is 8.82. The molecule has 86 valence electrons. The molecule has 0 N–H and O–H groups in total. The number of fused-ring (bicyclic) bond motifs is 1. The molecule has 2 aromatic rings. The van der Waals surface area contributed by atoms with E-state index in [9.17, 15) is 0 Å². The van der Waals surface area contributed by atoms with E-state index in [0.29, 0.717) is 23.7 Å². The maximum Gasteiger partial charge on any atom is 0.162 e. The zero-order chi connectivity index (χ0) is 12.3. The molecular formula is C13H12N2O2. The quantitative estimate of drug-likeness (QED) is 0.810. The molecule has 0 aliphatic rings. The number of nitriles is 1. The summed E-state index contributed by atoms with van der Waals surface area (Å²) in [5, 5.41) is 9.69. The summed E-state index contributed by atoms with van der Waals surface area (Å²) in [7, 11) is 1.59. The van der Waals surface area contributed by atoms with Crippen molar-refractivity contribution in [1.29, 1.82) is 5.26 Å². The van der Waals surface area contributed by atoms with Crippen LogP contribution in [0, 0.1) is 11.3 Å². The molecule has 0 fully saturated rings. The molecule has 0 saturated heterocycles. The second kappa shape index (κ2) is 4.71. The number of hydrogen-bond donors (Lipinski definition) is 0. The van der Waals surface area contributed by atoms with Crippen LogP contribution in [-0.4, -0.2) is 18.7 Å². The van der Waals surface area contributed by atoms with Gasteiger partial charge < -0.3 is 9.47 Å². The Morgan fingerprint density at radius 2 is 2.12 bits per heavy atom. The van der Waals surface area contributed by atoms with Gasteiger partial charge in [-0.25, -0.2) is 0 Å². The second-order valence-electron chi connectivity index (χ2n) is 3.46. The number of rotatable bonds is 3.